The van der Waals surface area contributed by atoms with Crippen molar-refractivity contribution >= 4 is 0 Å². The summed E-state index contributed by atoms with van der Waals surface area (Å²) in [6.07, 6.45) is -0.738. The van der Waals surface area contributed by atoms with Crippen LogP contribution in [0.25, 0.3) is 0 Å². The minimum atomic E-state index is -0.772. The fourth-order valence-electron chi connectivity index (χ4n) is 1.22. The Hall–Kier alpha value is -1.64. The Morgan fingerprint density at radius 3 is 2.67 bits per heavy atom. The van der Waals surface area contributed by atoms with E-state index in [-0.39, 0.29) is 30.6 Å². The molecule has 0 heterocycles. The van der Waals surface area contributed by atoms with Gasteiger partial charge in [-0.1, -0.05) is 0 Å². The van der Waals surface area contributed by atoms with E-state index in [0.29, 0.717) is 0 Å². The number of ether oxygens (including phenoxy) is 2. The van der Waals surface area contributed by atoms with Crippen molar-refractivity contribution in [1.29, 1.82) is 5.26 Å². The van der Waals surface area contributed by atoms with Crippen LogP contribution in [0.2, 0.25) is 0 Å². The van der Waals surface area contributed by atoms with Crippen LogP contribution in [0.15, 0.2) is 18.2 Å². The van der Waals surface area contributed by atoms with Gasteiger partial charge in [0.2, 0.25) is 0 Å². The molecule has 4 nitrogen and oxygen atoms in total. The molecule has 1 atom stereocenters. The highest BCUT2D eigenvalue weighted by molar-refractivity contribution is 5.36. The number of aliphatic hydroxyl groups excluding tert-OH is 1. The van der Waals surface area contributed by atoms with E-state index >= 15 is 0 Å². The fourth-order valence-corrected chi connectivity index (χ4v) is 1.22. The van der Waals surface area contributed by atoms with E-state index in [1.807, 2.05) is 13.8 Å². The zero-order valence-corrected chi connectivity index (χ0v) is 10.4. The number of benzene rings is 1. The average Bonchev–Trinajstić information content (AvgIpc) is 2.34. The summed E-state index contributed by atoms with van der Waals surface area (Å²) in [5, 5.41) is 18.1. The van der Waals surface area contributed by atoms with Gasteiger partial charge in [0.15, 0.2) is 0 Å². The van der Waals surface area contributed by atoms with Crippen molar-refractivity contribution in [2.45, 2.75) is 26.1 Å². The van der Waals surface area contributed by atoms with Gasteiger partial charge in [0.05, 0.1) is 18.3 Å². The number of nitrogens with zero attached hydrogens (tertiary/aromatic N) is 1. The quantitative estimate of drug-likeness (QED) is 0.840. The van der Waals surface area contributed by atoms with Crippen LogP contribution >= 0.6 is 0 Å². The largest absolute Gasteiger partial charge is 0.491 e. The second-order valence-electron chi connectivity index (χ2n) is 4.10. The number of hydrogen-bond donors (Lipinski definition) is 1. The third kappa shape index (κ3) is 4.70. The first-order valence-electron chi connectivity index (χ1n) is 5.65. The Morgan fingerprint density at radius 1 is 1.39 bits per heavy atom. The summed E-state index contributed by atoms with van der Waals surface area (Å²) < 4.78 is 23.6. The smallest absolute Gasteiger partial charge is 0.144 e. The lowest BCUT2D eigenvalue weighted by atomic mass is 10.2. The molecule has 0 saturated carbocycles. The van der Waals surface area contributed by atoms with Crippen molar-refractivity contribution in [2.24, 2.45) is 0 Å². The van der Waals surface area contributed by atoms with E-state index in [0.717, 1.165) is 6.07 Å². The van der Waals surface area contributed by atoms with Crippen LogP contribution in [-0.4, -0.2) is 30.5 Å². The molecule has 0 fully saturated rings. The van der Waals surface area contributed by atoms with Gasteiger partial charge in [0.25, 0.3) is 0 Å². The SMILES string of the molecule is CC(C)OCC(O)COc1ccc(C#N)c(F)c1. The van der Waals surface area contributed by atoms with Crippen molar-refractivity contribution in [1.82, 2.24) is 0 Å². The molecule has 98 valence electrons. The van der Waals surface area contributed by atoms with Gasteiger partial charge in [0.1, 0.15) is 30.3 Å². The van der Waals surface area contributed by atoms with Crippen molar-refractivity contribution in [3.05, 3.63) is 29.6 Å². The van der Waals surface area contributed by atoms with Crippen molar-refractivity contribution in [3.8, 4) is 11.8 Å². The summed E-state index contributed by atoms with van der Waals surface area (Å²) >= 11 is 0. The summed E-state index contributed by atoms with van der Waals surface area (Å²) in [7, 11) is 0. The predicted molar refractivity (Wildman–Crippen MR) is 63.7 cm³/mol. The molecule has 1 rings (SSSR count). The van der Waals surface area contributed by atoms with Gasteiger partial charge in [0, 0.05) is 6.07 Å². The molecule has 1 aromatic carbocycles. The van der Waals surface area contributed by atoms with Gasteiger partial charge in [-0.25, -0.2) is 4.39 Å². The van der Waals surface area contributed by atoms with Crippen LogP contribution in [-0.2, 0) is 4.74 Å². The van der Waals surface area contributed by atoms with E-state index in [1.54, 1.807) is 6.07 Å². The molecule has 0 aliphatic heterocycles. The van der Waals surface area contributed by atoms with Gasteiger partial charge in [-0.2, -0.15) is 5.26 Å². The Kier molecular flexibility index (Phi) is 5.56. The third-order valence-electron chi connectivity index (χ3n) is 2.13. The van der Waals surface area contributed by atoms with Gasteiger partial charge < -0.3 is 14.6 Å². The highest BCUT2D eigenvalue weighted by Gasteiger charge is 2.08. The summed E-state index contributed by atoms with van der Waals surface area (Å²) in [5.74, 6) is -0.363. The fraction of sp³-hybridized carbons (Fsp3) is 0.462. The van der Waals surface area contributed by atoms with Crippen molar-refractivity contribution in [3.63, 3.8) is 0 Å². The van der Waals surface area contributed by atoms with Crippen LogP contribution < -0.4 is 4.74 Å². The topological polar surface area (TPSA) is 62.5 Å². The lowest BCUT2D eigenvalue weighted by Crippen LogP contribution is -2.25. The lowest BCUT2D eigenvalue weighted by Gasteiger charge is -2.14. The Bertz CT molecular complexity index is 429. The molecule has 1 aromatic rings. The molecule has 0 radical (unpaired) electrons. The van der Waals surface area contributed by atoms with Crippen molar-refractivity contribution in [2.75, 3.05) is 13.2 Å². The van der Waals surface area contributed by atoms with Crippen LogP contribution in [0.4, 0.5) is 4.39 Å². The predicted octanol–water partition coefficient (Wildman–Crippen LogP) is 1.86. The van der Waals surface area contributed by atoms with Gasteiger partial charge in [-0.15, -0.1) is 0 Å². The van der Waals surface area contributed by atoms with E-state index in [2.05, 4.69) is 0 Å². The van der Waals surface area contributed by atoms with E-state index in [9.17, 15) is 9.50 Å². The van der Waals surface area contributed by atoms with Crippen molar-refractivity contribution < 1.29 is 19.0 Å². The molecular weight excluding hydrogens is 237 g/mol. The maximum atomic E-state index is 13.2. The molecule has 5 heteroatoms. The Balaban J connectivity index is 2.44. The number of halogens is 1. The Labute approximate surface area is 106 Å². The molecule has 18 heavy (non-hydrogen) atoms. The zero-order valence-electron chi connectivity index (χ0n) is 10.4. The Morgan fingerprint density at radius 2 is 2.11 bits per heavy atom. The van der Waals surface area contributed by atoms with Crippen LogP contribution in [0.3, 0.4) is 0 Å². The first-order valence-corrected chi connectivity index (χ1v) is 5.65. The standard InChI is InChI=1S/C13H16FNO3/c1-9(2)17-7-11(16)8-18-12-4-3-10(6-15)13(14)5-12/h3-5,9,11,16H,7-8H2,1-2H3. The lowest BCUT2D eigenvalue weighted by molar-refractivity contribution is -0.0123. The maximum Gasteiger partial charge on any atom is 0.144 e. The molecule has 0 aliphatic rings. The normalized spacial score (nSPS) is 12.2. The minimum absolute atomic E-state index is 0.0120. The number of hydrogen-bond acceptors (Lipinski definition) is 4. The third-order valence-corrected chi connectivity index (χ3v) is 2.13. The first-order chi connectivity index (χ1) is 8.52. The molecule has 0 saturated heterocycles. The monoisotopic (exact) mass is 253 g/mol. The number of aliphatic hydroxyl groups is 1. The van der Waals surface area contributed by atoms with Gasteiger partial charge >= 0.3 is 0 Å². The van der Waals surface area contributed by atoms with Crippen LogP contribution in [0, 0.1) is 17.1 Å². The first kappa shape index (κ1) is 14.4. The second kappa shape index (κ2) is 6.94. The summed E-state index contributed by atoms with van der Waals surface area (Å²) in [4.78, 5) is 0. The van der Waals surface area contributed by atoms with Crippen LogP contribution in [0.1, 0.15) is 19.4 Å². The summed E-state index contributed by atoms with van der Waals surface area (Å²) in [5.41, 5.74) is -0.0361. The summed E-state index contributed by atoms with van der Waals surface area (Å²) in [6.45, 7) is 3.90. The molecule has 1 N–H and O–H groups in total. The zero-order chi connectivity index (χ0) is 13.5. The van der Waals surface area contributed by atoms with E-state index in [4.69, 9.17) is 14.7 Å². The molecular formula is C13H16FNO3. The molecule has 0 aliphatic carbocycles. The van der Waals surface area contributed by atoms with E-state index in [1.165, 1.54) is 12.1 Å². The molecule has 0 aromatic heterocycles. The molecule has 0 bridgehead atoms. The molecule has 0 spiro atoms. The van der Waals surface area contributed by atoms with Gasteiger partial charge in [-0.05, 0) is 26.0 Å². The van der Waals surface area contributed by atoms with Crippen LogP contribution in [0.5, 0.6) is 5.75 Å². The number of rotatable bonds is 6. The van der Waals surface area contributed by atoms with E-state index < -0.39 is 11.9 Å². The molecule has 1 unspecified atom stereocenters. The second-order valence-corrected chi connectivity index (χ2v) is 4.10. The number of nitriles is 1. The average molecular weight is 253 g/mol. The maximum absolute atomic E-state index is 13.2. The summed E-state index contributed by atoms with van der Waals surface area (Å²) in [6, 6.07) is 5.66. The highest BCUT2D eigenvalue weighted by Crippen LogP contribution is 2.16. The van der Waals surface area contributed by atoms with Gasteiger partial charge in [-0.3, -0.25) is 0 Å². The molecule has 0 amide bonds. The minimum Gasteiger partial charge on any atom is -0.491 e. The highest BCUT2D eigenvalue weighted by atomic mass is 19.1.